The number of esters is 1. The van der Waals surface area contributed by atoms with E-state index in [4.69, 9.17) is 14.2 Å². The van der Waals surface area contributed by atoms with Crippen molar-refractivity contribution in [3.05, 3.63) is 71.8 Å². The summed E-state index contributed by atoms with van der Waals surface area (Å²) in [5.74, 6) is 1.73. The zero-order chi connectivity index (χ0) is 24.0. The molecule has 0 amide bonds. The lowest BCUT2D eigenvalue weighted by molar-refractivity contribution is -0.162. The van der Waals surface area contributed by atoms with Gasteiger partial charge in [0, 0.05) is 10.8 Å². The highest BCUT2D eigenvalue weighted by Gasteiger charge is 2.35. The molecule has 4 rings (SSSR count). The maximum absolute atomic E-state index is 12.5. The molecule has 0 bridgehead atoms. The quantitative estimate of drug-likeness (QED) is 0.293. The van der Waals surface area contributed by atoms with Crippen LogP contribution < -0.4 is 9.47 Å². The van der Waals surface area contributed by atoms with Crippen molar-refractivity contribution in [3.8, 4) is 11.5 Å². The van der Waals surface area contributed by atoms with Gasteiger partial charge in [0.15, 0.2) is 6.61 Å². The Morgan fingerprint density at radius 2 is 1.50 bits per heavy atom. The Morgan fingerprint density at radius 3 is 2.09 bits per heavy atom. The monoisotopic (exact) mass is 460 g/mol. The average Bonchev–Trinajstić information content (AvgIpc) is 3.34. The first-order valence-electron chi connectivity index (χ1n) is 12.6. The van der Waals surface area contributed by atoms with E-state index in [1.807, 2.05) is 36.4 Å². The second-order valence-electron chi connectivity index (χ2n) is 9.45. The largest absolute Gasteiger partial charge is 0.488 e. The highest BCUT2D eigenvalue weighted by atomic mass is 16.6. The van der Waals surface area contributed by atoms with Gasteiger partial charge in [-0.15, -0.1) is 0 Å². The molecule has 1 atom stereocenters. The van der Waals surface area contributed by atoms with Gasteiger partial charge >= 0.3 is 5.97 Å². The Bertz CT molecular complexity index is 1100. The minimum absolute atomic E-state index is 0.0888. The standard InChI is InChI=1S/C30H36O4/c1-4-22(3)24-16-14-23(15-17-24)20-32-27-12-8-11-26-25(27)10-9-13-28(26)33-21-29(31)34-30(5-2)18-6-7-19-30/h8-17,22H,4-7,18-21H2,1-3H3. The summed E-state index contributed by atoms with van der Waals surface area (Å²) in [6, 6.07) is 20.4. The summed E-state index contributed by atoms with van der Waals surface area (Å²) in [5, 5.41) is 1.89. The molecule has 0 N–H and O–H groups in total. The number of fused-ring (bicyclic) bond motifs is 1. The first-order valence-corrected chi connectivity index (χ1v) is 12.6. The molecule has 0 aromatic heterocycles. The van der Waals surface area contributed by atoms with Crippen LogP contribution in [0.2, 0.25) is 0 Å². The van der Waals surface area contributed by atoms with Gasteiger partial charge in [0.25, 0.3) is 0 Å². The molecule has 0 aliphatic heterocycles. The summed E-state index contributed by atoms with van der Waals surface area (Å²) in [5.41, 5.74) is 2.19. The van der Waals surface area contributed by atoms with Crippen molar-refractivity contribution in [3.63, 3.8) is 0 Å². The predicted molar refractivity (Wildman–Crippen MR) is 137 cm³/mol. The van der Waals surface area contributed by atoms with Gasteiger partial charge < -0.3 is 14.2 Å². The molecule has 0 radical (unpaired) electrons. The summed E-state index contributed by atoms with van der Waals surface area (Å²) < 4.78 is 17.9. The number of carbonyl (C=O) groups excluding carboxylic acids is 1. The number of hydrogen-bond donors (Lipinski definition) is 0. The zero-order valence-corrected chi connectivity index (χ0v) is 20.6. The van der Waals surface area contributed by atoms with Crippen molar-refractivity contribution in [1.29, 1.82) is 0 Å². The Labute approximate surface area is 203 Å². The molecule has 1 saturated carbocycles. The summed E-state index contributed by atoms with van der Waals surface area (Å²) in [6.45, 7) is 6.95. The van der Waals surface area contributed by atoms with Crippen LogP contribution in [0.4, 0.5) is 0 Å². The summed E-state index contributed by atoms with van der Waals surface area (Å²) >= 11 is 0. The highest BCUT2D eigenvalue weighted by molar-refractivity contribution is 5.93. The number of ether oxygens (including phenoxy) is 3. The molecule has 4 heteroatoms. The fraction of sp³-hybridized carbons (Fsp3) is 0.433. The molecule has 4 nitrogen and oxygen atoms in total. The van der Waals surface area contributed by atoms with Crippen LogP contribution in [-0.2, 0) is 16.1 Å². The lowest BCUT2D eigenvalue weighted by Gasteiger charge is -2.27. The Hall–Kier alpha value is -3.01. The number of hydrogen-bond acceptors (Lipinski definition) is 4. The maximum atomic E-state index is 12.5. The molecule has 1 aliphatic carbocycles. The third-order valence-corrected chi connectivity index (χ3v) is 7.23. The molecule has 34 heavy (non-hydrogen) atoms. The SMILES string of the molecule is CCC(C)c1ccc(COc2cccc3c(OCC(=O)OC4(CC)CCCC4)cccc23)cc1. The van der Waals surface area contributed by atoms with Gasteiger partial charge in [0.05, 0.1) is 0 Å². The third kappa shape index (κ3) is 5.55. The van der Waals surface area contributed by atoms with E-state index in [1.165, 1.54) is 5.56 Å². The van der Waals surface area contributed by atoms with E-state index >= 15 is 0 Å². The van der Waals surface area contributed by atoms with E-state index in [9.17, 15) is 4.79 Å². The van der Waals surface area contributed by atoms with Crippen LogP contribution in [0, 0.1) is 0 Å². The molecular formula is C30H36O4. The molecule has 0 spiro atoms. The highest BCUT2D eigenvalue weighted by Crippen LogP contribution is 2.36. The second kappa shape index (κ2) is 10.9. The molecule has 0 saturated heterocycles. The molecule has 3 aromatic rings. The van der Waals surface area contributed by atoms with Crippen LogP contribution in [0.5, 0.6) is 11.5 Å². The van der Waals surface area contributed by atoms with Crippen LogP contribution >= 0.6 is 0 Å². The molecule has 1 fully saturated rings. The number of carbonyl (C=O) groups is 1. The minimum atomic E-state index is -0.299. The maximum Gasteiger partial charge on any atom is 0.344 e. The molecule has 1 aliphatic rings. The zero-order valence-electron chi connectivity index (χ0n) is 20.6. The van der Waals surface area contributed by atoms with E-state index in [-0.39, 0.29) is 18.2 Å². The van der Waals surface area contributed by atoms with Gasteiger partial charge in [0.1, 0.15) is 23.7 Å². The van der Waals surface area contributed by atoms with Gasteiger partial charge in [-0.1, -0.05) is 69.3 Å². The predicted octanol–water partition coefficient (Wildman–Crippen LogP) is 7.58. The van der Waals surface area contributed by atoms with Crippen molar-refractivity contribution in [2.24, 2.45) is 0 Å². The Balaban J connectivity index is 1.42. The van der Waals surface area contributed by atoms with Gasteiger partial charge in [-0.2, -0.15) is 0 Å². The van der Waals surface area contributed by atoms with E-state index in [0.717, 1.165) is 60.6 Å². The fourth-order valence-electron chi connectivity index (χ4n) is 4.80. The van der Waals surface area contributed by atoms with Crippen LogP contribution in [0.15, 0.2) is 60.7 Å². The van der Waals surface area contributed by atoms with E-state index in [0.29, 0.717) is 18.3 Å². The summed E-state index contributed by atoms with van der Waals surface area (Å²) in [7, 11) is 0. The normalized spacial score (nSPS) is 15.7. The molecule has 3 aromatic carbocycles. The van der Waals surface area contributed by atoms with E-state index in [2.05, 4.69) is 45.0 Å². The van der Waals surface area contributed by atoms with Crippen LogP contribution in [0.1, 0.15) is 76.3 Å². The van der Waals surface area contributed by atoms with Crippen LogP contribution in [0.25, 0.3) is 10.8 Å². The van der Waals surface area contributed by atoms with Crippen molar-refractivity contribution < 1.29 is 19.0 Å². The van der Waals surface area contributed by atoms with Crippen LogP contribution in [0.3, 0.4) is 0 Å². The lowest BCUT2D eigenvalue weighted by atomic mass is 9.98. The fourth-order valence-corrected chi connectivity index (χ4v) is 4.80. The Morgan fingerprint density at radius 1 is 0.882 bits per heavy atom. The van der Waals surface area contributed by atoms with Crippen molar-refractivity contribution in [2.75, 3.05) is 6.61 Å². The summed E-state index contributed by atoms with van der Waals surface area (Å²) in [4.78, 5) is 12.5. The van der Waals surface area contributed by atoms with Crippen LogP contribution in [-0.4, -0.2) is 18.2 Å². The lowest BCUT2D eigenvalue weighted by Crippen LogP contribution is -2.33. The van der Waals surface area contributed by atoms with Crippen molar-refractivity contribution in [1.82, 2.24) is 0 Å². The topological polar surface area (TPSA) is 44.8 Å². The number of rotatable bonds is 10. The molecule has 1 unspecified atom stereocenters. The third-order valence-electron chi connectivity index (χ3n) is 7.23. The first kappa shape index (κ1) is 24.1. The van der Waals surface area contributed by atoms with E-state index in [1.54, 1.807) is 0 Å². The minimum Gasteiger partial charge on any atom is -0.488 e. The van der Waals surface area contributed by atoms with Gasteiger partial charge in [-0.05, 0) is 67.7 Å². The smallest absolute Gasteiger partial charge is 0.344 e. The van der Waals surface area contributed by atoms with Crippen molar-refractivity contribution >= 4 is 16.7 Å². The number of benzene rings is 3. The van der Waals surface area contributed by atoms with Crippen molar-refractivity contribution in [2.45, 2.75) is 77.4 Å². The van der Waals surface area contributed by atoms with E-state index < -0.39 is 0 Å². The van der Waals surface area contributed by atoms with Gasteiger partial charge in [-0.25, -0.2) is 4.79 Å². The van der Waals surface area contributed by atoms with Gasteiger partial charge in [-0.3, -0.25) is 0 Å². The first-order chi connectivity index (χ1) is 16.5. The molecule has 0 heterocycles. The molecular weight excluding hydrogens is 424 g/mol. The second-order valence-corrected chi connectivity index (χ2v) is 9.45. The Kier molecular flexibility index (Phi) is 7.77. The van der Waals surface area contributed by atoms with Gasteiger partial charge in [0.2, 0.25) is 0 Å². The average molecular weight is 461 g/mol. The molecule has 180 valence electrons. The summed E-state index contributed by atoms with van der Waals surface area (Å²) in [6.07, 6.45) is 6.13.